The lowest BCUT2D eigenvalue weighted by molar-refractivity contribution is -0.132. The van der Waals surface area contributed by atoms with Crippen molar-refractivity contribution >= 4 is 11.9 Å². The molecule has 0 bridgehead atoms. The van der Waals surface area contributed by atoms with Gasteiger partial charge in [-0.15, -0.1) is 0 Å². The zero-order valence-corrected chi connectivity index (χ0v) is 12.9. The summed E-state index contributed by atoms with van der Waals surface area (Å²) in [6, 6.07) is 9.13. The average Bonchev–Trinajstić information content (AvgIpc) is 2.72. The van der Waals surface area contributed by atoms with Gasteiger partial charge in [0.1, 0.15) is 5.54 Å². The Hall–Kier alpha value is -1.92. The van der Waals surface area contributed by atoms with E-state index in [9.17, 15) is 14.7 Å². The molecule has 0 spiro atoms. The molecule has 2 rings (SSSR count). The van der Waals surface area contributed by atoms with Gasteiger partial charge in [0.2, 0.25) is 0 Å². The van der Waals surface area contributed by atoms with E-state index in [1.165, 1.54) is 0 Å². The van der Waals surface area contributed by atoms with Gasteiger partial charge in [0.15, 0.2) is 0 Å². The van der Waals surface area contributed by atoms with Crippen molar-refractivity contribution in [3.8, 4) is 0 Å². The van der Waals surface area contributed by atoms with Crippen molar-refractivity contribution in [2.45, 2.75) is 38.5 Å². The van der Waals surface area contributed by atoms with E-state index < -0.39 is 17.7 Å². The predicted octanol–water partition coefficient (Wildman–Crippen LogP) is 1.28. The molecule has 1 heterocycles. The highest BCUT2D eigenvalue weighted by molar-refractivity contribution is 6.06. The molecule has 3 amide bonds. The number of nitrogens with one attached hydrogen (secondary N) is 1. The molecule has 1 aliphatic rings. The van der Waals surface area contributed by atoms with Crippen molar-refractivity contribution in [3.63, 3.8) is 0 Å². The van der Waals surface area contributed by atoms with E-state index in [2.05, 4.69) is 5.32 Å². The standard InChI is InChI=1S/C16H22N2O4/c1-3-16(2)14(20)18(15(21)17-16)9-13(19)11-22-10-12-7-5-4-6-8-12/h4-8,13,19H,3,9-11H2,1-2H3,(H,17,21)/t13-,16+/m0/s1. The van der Waals surface area contributed by atoms with Crippen molar-refractivity contribution in [2.24, 2.45) is 0 Å². The number of urea groups is 1. The summed E-state index contributed by atoms with van der Waals surface area (Å²) in [6.07, 6.45) is -0.396. The van der Waals surface area contributed by atoms with E-state index in [-0.39, 0.29) is 19.1 Å². The summed E-state index contributed by atoms with van der Waals surface area (Å²) in [6.45, 7) is 3.90. The van der Waals surface area contributed by atoms with Crippen LogP contribution in [0.4, 0.5) is 4.79 Å². The maximum Gasteiger partial charge on any atom is 0.325 e. The highest BCUT2D eigenvalue weighted by atomic mass is 16.5. The first-order valence-electron chi connectivity index (χ1n) is 7.40. The molecule has 0 aliphatic carbocycles. The third-order valence-electron chi connectivity index (χ3n) is 3.87. The largest absolute Gasteiger partial charge is 0.389 e. The molecule has 0 aromatic heterocycles. The fourth-order valence-corrected chi connectivity index (χ4v) is 2.30. The number of carbonyl (C=O) groups is 2. The smallest absolute Gasteiger partial charge is 0.325 e. The van der Waals surface area contributed by atoms with Crippen LogP contribution < -0.4 is 5.32 Å². The Morgan fingerprint density at radius 2 is 2.00 bits per heavy atom. The van der Waals surface area contributed by atoms with Crippen molar-refractivity contribution in [3.05, 3.63) is 35.9 Å². The maximum absolute atomic E-state index is 12.2. The van der Waals surface area contributed by atoms with Crippen LogP contribution in [0.1, 0.15) is 25.8 Å². The maximum atomic E-state index is 12.2. The van der Waals surface area contributed by atoms with Crippen LogP contribution in [0.5, 0.6) is 0 Å². The Morgan fingerprint density at radius 3 is 2.59 bits per heavy atom. The third kappa shape index (κ3) is 3.64. The summed E-state index contributed by atoms with van der Waals surface area (Å²) >= 11 is 0. The van der Waals surface area contributed by atoms with Crippen molar-refractivity contribution in [1.29, 1.82) is 0 Å². The molecule has 2 N–H and O–H groups in total. The summed E-state index contributed by atoms with van der Waals surface area (Å²) in [4.78, 5) is 25.1. The number of aliphatic hydroxyl groups excluding tert-OH is 1. The first kappa shape index (κ1) is 16.5. The van der Waals surface area contributed by atoms with Crippen LogP contribution in [0.25, 0.3) is 0 Å². The van der Waals surface area contributed by atoms with Crippen molar-refractivity contribution in [1.82, 2.24) is 10.2 Å². The van der Waals surface area contributed by atoms with Gasteiger partial charge in [-0.1, -0.05) is 37.3 Å². The molecule has 1 aromatic carbocycles. The molecule has 0 radical (unpaired) electrons. The molecule has 6 nitrogen and oxygen atoms in total. The first-order valence-corrected chi connectivity index (χ1v) is 7.40. The van der Waals surface area contributed by atoms with E-state index in [0.29, 0.717) is 13.0 Å². The molecule has 22 heavy (non-hydrogen) atoms. The van der Waals surface area contributed by atoms with Crippen LogP contribution in [0, 0.1) is 0 Å². The van der Waals surface area contributed by atoms with E-state index >= 15 is 0 Å². The number of aliphatic hydroxyl groups is 1. The summed E-state index contributed by atoms with van der Waals surface area (Å²) in [5.41, 5.74) is 0.130. The van der Waals surface area contributed by atoms with Crippen LogP contribution >= 0.6 is 0 Å². The van der Waals surface area contributed by atoms with Gasteiger partial charge in [-0.05, 0) is 18.9 Å². The Morgan fingerprint density at radius 1 is 1.32 bits per heavy atom. The molecule has 1 fully saturated rings. The molecule has 6 heteroatoms. The molecule has 1 aromatic rings. The van der Waals surface area contributed by atoms with Crippen LogP contribution in [-0.4, -0.2) is 46.7 Å². The fourth-order valence-electron chi connectivity index (χ4n) is 2.30. The molecule has 1 saturated heterocycles. The summed E-state index contributed by atoms with van der Waals surface area (Å²) in [5, 5.41) is 12.6. The van der Waals surface area contributed by atoms with E-state index in [1.807, 2.05) is 37.3 Å². The number of hydrogen-bond donors (Lipinski definition) is 2. The Bertz CT molecular complexity index is 534. The van der Waals surface area contributed by atoms with Crippen LogP contribution in [0.2, 0.25) is 0 Å². The van der Waals surface area contributed by atoms with Gasteiger partial charge >= 0.3 is 6.03 Å². The number of rotatable bonds is 7. The van der Waals surface area contributed by atoms with Gasteiger partial charge in [-0.25, -0.2) is 4.79 Å². The zero-order valence-electron chi connectivity index (χ0n) is 12.9. The second-order valence-electron chi connectivity index (χ2n) is 5.69. The normalized spacial score (nSPS) is 22.8. The fraction of sp³-hybridized carbons (Fsp3) is 0.500. The van der Waals surface area contributed by atoms with Crippen molar-refractivity contribution < 1.29 is 19.4 Å². The first-order chi connectivity index (χ1) is 10.5. The molecule has 2 atom stereocenters. The Labute approximate surface area is 130 Å². The number of amides is 3. The minimum absolute atomic E-state index is 0.0605. The van der Waals surface area contributed by atoms with Gasteiger partial charge in [0.05, 0.1) is 25.9 Å². The van der Waals surface area contributed by atoms with Crippen LogP contribution in [0.15, 0.2) is 30.3 Å². The lowest BCUT2D eigenvalue weighted by Gasteiger charge is -2.21. The topological polar surface area (TPSA) is 78.9 Å². The number of hydrogen-bond acceptors (Lipinski definition) is 4. The monoisotopic (exact) mass is 306 g/mol. The molecule has 1 aliphatic heterocycles. The van der Waals surface area contributed by atoms with E-state index in [4.69, 9.17) is 4.74 Å². The lowest BCUT2D eigenvalue weighted by Crippen LogP contribution is -2.44. The van der Waals surface area contributed by atoms with Crippen molar-refractivity contribution in [2.75, 3.05) is 13.2 Å². The number of nitrogens with zero attached hydrogens (tertiary/aromatic N) is 1. The average molecular weight is 306 g/mol. The quantitative estimate of drug-likeness (QED) is 0.744. The third-order valence-corrected chi connectivity index (χ3v) is 3.87. The molecular formula is C16H22N2O4. The minimum Gasteiger partial charge on any atom is -0.389 e. The Kier molecular flexibility index (Phi) is 5.15. The number of β-amino-alcohol motifs (C(OH)–C–C–N with tert-alkyl or cyclic N) is 1. The molecular weight excluding hydrogens is 284 g/mol. The molecule has 120 valence electrons. The van der Waals surface area contributed by atoms with E-state index in [0.717, 1.165) is 10.5 Å². The predicted molar refractivity (Wildman–Crippen MR) is 81.0 cm³/mol. The highest BCUT2D eigenvalue weighted by Gasteiger charge is 2.46. The number of imide groups is 1. The SMILES string of the molecule is CC[C@@]1(C)NC(=O)N(C[C@H](O)COCc2ccccc2)C1=O. The molecule has 0 unspecified atom stereocenters. The summed E-state index contributed by atoms with van der Waals surface area (Å²) in [5.74, 6) is -0.304. The van der Waals surface area contributed by atoms with Gasteiger partial charge < -0.3 is 15.2 Å². The van der Waals surface area contributed by atoms with E-state index in [1.54, 1.807) is 6.92 Å². The number of benzene rings is 1. The van der Waals surface area contributed by atoms with Gasteiger partial charge in [0.25, 0.3) is 5.91 Å². The second-order valence-corrected chi connectivity index (χ2v) is 5.69. The second kappa shape index (κ2) is 6.89. The van der Waals surface area contributed by atoms with Gasteiger partial charge in [-0.3, -0.25) is 9.69 Å². The van der Waals surface area contributed by atoms with Gasteiger partial charge in [-0.2, -0.15) is 0 Å². The number of ether oxygens (including phenoxy) is 1. The lowest BCUT2D eigenvalue weighted by atomic mass is 9.99. The van der Waals surface area contributed by atoms with Crippen LogP contribution in [0.3, 0.4) is 0 Å². The molecule has 0 saturated carbocycles. The van der Waals surface area contributed by atoms with Crippen LogP contribution in [-0.2, 0) is 16.1 Å². The highest BCUT2D eigenvalue weighted by Crippen LogP contribution is 2.20. The van der Waals surface area contributed by atoms with Gasteiger partial charge in [0, 0.05) is 0 Å². The summed E-state index contributed by atoms with van der Waals surface area (Å²) in [7, 11) is 0. The number of carbonyl (C=O) groups excluding carboxylic acids is 2. The Balaban J connectivity index is 1.81. The summed E-state index contributed by atoms with van der Waals surface area (Å²) < 4.78 is 5.42. The zero-order chi connectivity index (χ0) is 16.2. The minimum atomic E-state index is -0.905.